The minimum atomic E-state index is -0.253. The summed E-state index contributed by atoms with van der Waals surface area (Å²) in [5.74, 6) is -0.253. The van der Waals surface area contributed by atoms with E-state index in [0.29, 0.717) is 24.4 Å². The average molecular weight is 283 g/mol. The van der Waals surface area contributed by atoms with Gasteiger partial charge in [0, 0.05) is 32.1 Å². The molecule has 0 saturated heterocycles. The van der Waals surface area contributed by atoms with E-state index in [4.69, 9.17) is 4.74 Å². The van der Waals surface area contributed by atoms with Crippen LogP contribution in [0.15, 0.2) is 42.6 Å². The van der Waals surface area contributed by atoms with Crippen molar-refractivity contribution in [2.75, 3.05) is 20.3 Å². The number of ether oxygens (including phenoxy) is 1. The summed E-state index contributed by atoms with van der Waals surface area (Å²) in [4.78, 5) is 12.3. The first-order valence-corrected chi connectivity index (χ1v) is 6.72. The minimum absolute atomic E-state index is 0.253. The largest absolute Gasteiger partial charge is 0.385 e. The Morgan fingerprint density at radius 3 is 2.76 bits per heavy atom. The lowest BCUT2D eigenvalue weighted by Gasteiger charge is -2.10. The third-order valence-electron chi connectivity index (χ3n) is 3.07. The van der Waals surface area contributed by atoms with Crippen molar-refractivity contribution < 1.29 is 9.53 Å². The molecule has 21 heavy (non-hydrogen) atoms. The smallest absolute Gasteiger partial charge is 0.269 e. The average Bonchev–Trinajstić information content (AvgIpc) is 2.96. The van der Waals surface area contributed by atoms with E-state index >= 15 is 0 Å². The lowest BCUT2D eigenvalue weighted by Crippen LogP contribution is -2.27. The molecule has 1 aromatic carbocycles. The van der Waals surface area contributed by atoms with Gasteiger partial charge in [0.15, 0.2) is 0 Å². The van der Waals surface area contributed by atoms with Crippen LogP contribution in [0, 0.1) is 11.3 Å². The van der Waals surface area contributed by atoms with Crippen molar-refractivity contribution >= 4 is 5.91 Å². The van der Waals surface area contributed by atoms with Crippen molar-refractivity contribution in [2.45, 2.75) is 6.42 Å². The van der Waals surface area contributed by atoms with Gasteiger partial charge in [0.2, 0.25) is 0 Å². The molecule has 1 N–H and O–H groups in total. The summed E-state index contributed by atoms with van der Waals surface area (Å²) in [6.07, 6.45) is 2.47. The molecule has 0 bridgehead atoms. The van der Waals surface area contributed by atoms with Crippen molar-refractivity contribution in [1.82, 2.24) is 9.88 Å². The fraction of sp³-hybridized carbons (Fsp3) is 0.250. The zero-order valence-corrected chi connectivity index (χ0v) is 11.9. The number of hydrogen-bond donors (Lipinski definition) is 1. The molecule has 0 radical (unpaired) electrons. The van der Waals surface area contributed by atoms with E-state index in [1.54, 1.807) is 23.9 Å². The Labute approximate surface area is 123 Å². The summed E-state index contributed by atoms with van der Waals surface area (Å²) in [7, 11) is 1.62. The van der Waals surface area contributed by atoms with E-state index in [-0.39, 0.29) is 5.91 Å². The summed E-state index contributed by atoms with van der Waals surface area (Å²) in [6, 6.07) is 13.2. The van der Waals surface area contributed by atoms with Crippen LogP contribution in [0.2, 0.25) is 0 Å². The van der Waals surface area contributed by atoms with Gasteiger partial charge < -0.3 is 14.6 Å². The maximum atomic E-state index is 12.3. The highest BCUT2D eigenvalue weighted by Crippen LogP contribution is 2.16. The van der Waals surface area contributed by atoms with Gasteiger partial charge >= 0.3 is 0 Å². The Balaban J connectivity index is 2.23. The number of rotatable bonds is 6. The Hall–Kier alpha value is -2.58. The molecule has 0 fully saturated rings. The number of aromatic nitrogens is 1. The molecule has 2 aromatic rings. The maximum Gasteiger partial charge on any atom is 0.269 e. The topological polar surface area (TPSA) is 67.0 Å². The molecule has 0 aliphatic heterocycles. The SMILES string of the molecule is COCCCNC(=O)c1c(C#N)ccn1-c1ccccc1. The first-order chi connectivity index (χ1) is 10.3. The standard InChI is InChI=1S/C16H17N3O2/c1-21-11-5-9-18-16(20)15-13(12-17)8-10-19(15)14-6-3-2-4-7-14/h2-4,6-8,10H,5,9,11H2,1H3,(H,18,20). The Morgan fingerprint density at radius 2 is 2.10 bits per heavy atom. The minimum Gasteiger partial charge on any atom is -0.385 e. The Bertz CT molecular complexity index is 641. The van der Waals surface area contributed by atoms with Crippen LogP contribution < -0.4 is 5.32 Å². The van der Waals surface area contributed by atoms with Crippen LogP contribution in [-0.4, -0.2) is 30.7 Å². The fourth-order valence-electron chi connectivity index (χ4n) is 2.06. The predicted molar refractivity (Wildman–Crippen MR) is 79.3 cm³/mol. The highest BCUT2D eigenvalue weighted by Gasteiger charge is 2.17. The van der Waals surface area contributed by atoms with E-state index in [0.717, 1.165) is 12.1 Å². The van der Waals surface area contributed by atoms with Crippen molar-refractivity contribution in [3.8, 4) is 11.8 Å². The Morgan fingerprint density at radius 1 is 1.33 bits per heavy atom. The van der Waals surface area contributed by atoms with Gasteiger partial charge in [0.25, 0.3) is 5.91 Å². The molecule has 0 atom stereocenters. The van der Waals surface area contributed by atoms with E-state index < -0.39 is 0 Å². The van der Waals surface area contributed by atoms with E-state index in [1.165, 1.54) is 0 Å². The Kier molecular flexibility index (Phi) is 5.13. The first-order valence-electron chi connectivity index (χ1n) is 6.72. The van der Waals surface area contributed by atoms with Gasteiger partial charge in [-0.1, -0.05) is 18.2 Å². The second-order valence-electron chi connectivity index (χ2n) is 4.50. The molecule has 108 valence electrons. The fourth-order valence-corrected chi connectivity index (χ4v) is 2.06. The van der Waals surface area contributed by atoms with Crippen molar-refractivity contribution in [1.29, 1.82) is 5.26 Å². The van der Waals surface area contributed by atoms with E-state index in [2.05, 4.69) is 11.4 Å². The number of amides is 1. The number of methoxy groups -OCH3 is 1. The number of benzene rings is 1. The molecule has 0 spiro atoms. The van der Waals surface area contributed by atoms with Crippen LogP contribution in [0.25, 0.3) is 5.69 Å². The van der Waals surface area contributed by atoms with Crippen molar-refractivity contribution in [3.05, 3.63) is 53.9 Å². The van der Waals surface area contributed by atoms with Crippen molar-refractivity contribution in [2.24, 2.45) is 0 Å². The van der Waals surface area contributed by atoms with Gasteiger partial charge in [-0.25, -0.2) is 0 Å². The second-order valence-corrected chi connectivity index (χ2v) is 4.50. The maximum absolute atomic E-state index is 12.3. The van der Waals surface area contributed by atoms with Crippen LogP contribution in [0.3, 0.4) is 0 Å². The van der Waals surface area contributed by atoms with Crippen LogP contribution in [-0.2, 0) is 4.74 Å². The quantitative estimate of drug-likeness (QED) is 0.826. The van der Waals surface area contributed by atoms with Gasteiger partial charge in [-0.3, -0.25) is 4.79 Å². The summed E-state index contributed by atoms with van der Waals surface area (Å²) >= 11 is 0. The summed E-state index contributed by atoms with van der Waals surface area (Å²) in [5.41, 5.74) is 1.57. The second kappa shape index (κ2) is 7.27. The molecule has 1 heterocycles. The van der Waals surface area contributed by atoms with Gasteiger partial charge in [0.1, 0.15) is 11.8 Å². The first kappa shape index (κ1) is 14.8. The monoisotopic (exact) mass is 283 g/mol. The number of carbonyl (C=O) groups is 1. The molecule has 2 rings (SSSR count). The van der Waals surface area contributed by atoms with E-state index in [1.807, 2.05) is 30.3 Å². The number of para-hydroxylation sites is 1. The third-order valence-corrected chi connectivity index (χ3v) is 3.07. The molecule has 0 aliphatic rings. The number of nitriles is 1. The predicted octanol–water partition coefficient (Wildman–Crippen LogP) is 2.12. The molecule has 1 amide bonds. The zero-order valence-electron chi connectivity index (χ0n) is 11.9. The van der Waals surface area contributed by atoms with Gasteiger partial charge in [-0.05, 0) is 24.6 Å². The summed E-state index contributed by atoms with van der Waals surface area (Å²) in [5, 5.41) is 12.0. The van der Waals surface area contributed by atoms with Crippen LogP contribution in [0.5, 0.6) is 0 Å². The lowest BCUT2D eigenvalue weighted by molar-refractivity contribution is 0.0941. The van der Waals surface area contributed by atoms with Crippen LogP contribution >= 0.6 is 0 Å². The molecular formula is C16H17N3O2. The zero-order chi connectivity index (χ0) is 15.1. The van der Waals surface area contributed by atoms with Gasteiger partial charge in [-0.15, -0.1) is 0 Å². The number of nitrogens with zero attached hydrogens (tertiary/aromatic N) is 2. The highest BCUT2D eigenvalue weighted by atomic mass is 16.5. The molecular weight excluding hydrogens is 266 g/mol. The number of hydrogen-bond acceptors (Lipinski definition) is 3. The van der Waals surface area contributed by atoms with Gasteiger partial charge in [-0.2, -0.15) is 5.26 Å². The van der Waals surface area contributed by atoms with Gasteiger partial charge in [0.05, 0.1) is 5.56 Å². The highest BCUT2D eigenvalue weighted by molar-refractivity contribution is 5.95. The summed E-state index contributed by atoms with van der Waals surface area (Å²) in [6.45, 7) is 1.10. The number of carbonyl (C=O) groups excluding carboxylic acids is 1. The van der Waals surface area contributed by atoms with E-state index in [9.17, 15) is 10.1 Å². The normalized spacial score (nSPS) is 10.1. The molecule has 5 nitrogen and oxygen atoms in total. The number of nitrogens with one attached hydrogen (secondary N) is 1. The molecule has 0 unspecified atom stereocenters. The molecule has 1 aromatic heterocycles. The molecule has 0 aliphatic carbocycles. The molecule has 5 heteroatoms. The van der Waals surface area contributed by atoms with Crippen LogP contribution in [0.4, 0.5) is 0 Å². The molecule has 0 saturated carbocycles. The summed E-state index contributed by atoms with van der Waals surface area (Å²) < 4.78 is 6.67. The lowest BCUT2D eigenvalue weighted by atomic mass is 10.2. The van der Waals surface area contributed by atoms with Crippen LogP contribution in [0.1, 0.15) is 22.5 Å². The third kappa shape index (κ3) is 3.50. The van der Waals surface area contributed by atoms with Crippen molar-refractivity contribution in [3.63, 3.8) is 0 Å².